The van der Waals surface area contributed by atoms with Gasteiger partial charge >= 0.3 is 6.09 Å². The Morgan fingerprint density at radius 1 is 1.37 bits per heavy atom. The minimum absolute atomic E-state index is 0.174. The summed E-state index contributed by atoms with van der Waals surface area (Å²) in [6.07, 6.45) is -0.338. The lowest BCUT2D eigenvalue weighted by atomic mass is 10.2. The number of alkyl carbamates (subject to hydrolysis) is 1. The third kappa shape index (κ3) is 7.69. The summed E-state index contributed by atoms with van der Waals surface area (Å²) in [5, 5.41) is 2.54. The van der Waals surface area contributed by atoms with Crippen molar-refractivity contribution in [1.29, 1.82) is 0 Å². The number of hydrogen-bond acceptors (Lipinski definition) is 4. The maximum atomic E-state index is 11.4. The third-order valence-electron chi connectivity index (χ3n) is 2.37. The molecule has 0 aliphatic carbocycles. The average Bonchev–Trinajstić information content (AvgIpc) is 2.34. The van der Waals surface area contributed by atoms with Crippen molar-refractivity contribution >= 4 is 25.8 Å². The van der Waals surface area contributed by atoms with E-state index in [0.29, 0.717) is 0 Å². The Hall–Kier alpha value is -1.27. The fourth-order valence-corrected chi connectivity index (χ4v) is 2.26. The summed E-state index contributed by atoms with van der Waals surface area (Å²) in [6, 6.07) is 8.94. The van der Waals surface area contributed by atoms with E-state index in [1.54, 1.807) is 6.92 Å². The van der Waals surface area contributed by atoms with Crippen molar-refractivity contribution in [3.05, 3.63) is 35.9 Å². The molecule has 0 saturated carbocycles. The lowest BCUT2D eigenvalue weighted by molar-refractivity contribution is 0.136. The number of benzene rings is 1. The van der Waals surface area contributed by atoms with Crippen LogP contribution >= 0.6 is 10.7 Å². The summed E-state index contributed by atoms with van der Waals surface area (Å²) >= 11 is 0. The highest BCUT2D eigenvalue weighted by Crippen LogP contribution is 2.03. The van der Waals surface area contributed by atoms with Gasteiger partial charge in [-0.1, -0.05) is 30.3 Å². The van der Waals surface area contributed by atoms with Crippen LogP contribution in [0.4, 0.5) is 4.79 Å². The Morgan fingerprint density at radius 3 is 2.58 bits per heavy atom. The summed E-state index contributed by atoms with van der Waals surface area (Å²) in [6.45, 7) is 1.86. The smallest absolute Gasteiger partial charge is 0.407 e. The van der Waals surface area contributed by atoms with Gasteiger partial charge in [0.2, 0.25) is 9.05 Å². The predicted octanol–water partition coefficient (Wildman–Crippen LogP) is 2.26. The lowest BCUT2D eigenvalue weighted by Gasteiger charge is -2.13. The molecule has 7 heteroatoms. The quantitative estimate of drug-likeness (QED) is 0.818. The molecule has 0 bridgehead atoms. The first-order valence-corrected chi connectivity index (χ1v) is 8.24. The van der Waals surface area contributed by atoms with Crippen LogP contribution < -0.4 is 5.32 Å². The van der Waals surface area contributed by atoms with Crippen LogP contribution in [0.15, 0.2) is 30.3 Å². The molecule has 1 aromatic rings. The van der Waals surface area contributed by atoms with E-state index in [1.807, 2.05) is 30.3 Å². The third-order valence-corrected chi connectivity index (χ3v) is 3.56. The number of hydrogen-bond donors (Lipinski definition) is 1. The van der Waals surface area contributed by atoms with E-state index in [9.17, 15) is 13.2 Å². The molecule has 1 amide bonds. The molecule has 0 aromatic heterocycles. The van der Waals surface area contributed by atoms with Crippen molar-refractivity contribution in [3.8, 4) is 0 Å². The highest BCUT2D eigenvalue weighted by molar-refractivity contribution is 8.13. The number of halogens is 1. The summed E-state index contributed by atoms with van der Waals surface area (Å²) in [5.41, 5.74) is 0.883. The zero-order valence-electron chi connectivity index (χ0n) is 10.5. The van der Waals surface area contributed by atoms with E-state index >= 15 is 0 Å². The minimum atomic E-state index is -3.53. The van der Waals surface area contributed by atoms with E-state index < -0.39 is 15.1 Å². The molecule has 1 unspecified atom stereocenters. The van der Waals surface area contributed by atoms with Crippen LogP contribution in [0.2, 0.25) is 0 Å². The molecule has 1 atom stereocenters. The lowest BCUT2D eigenvalue weighted by Crippen LogP contribution is -2.34. The first kappa shape index (κ1) is 15.8. The van der Waals surface area contributed by atoms with Gasteiger partial charge < -0.3 is 10.1 Å². The molecule has 19 heavy (non-hydrogen) atoms. The molecule has 0 heterocycles. The van der Waals surface area contributed by atoms with Crippen molar-refractivity contribution in [2.24, 2.45) is 0 Å². The van der Waals surface area contributed by atoms with Crippen molar-refractivity contribution in [3.63, 3.8) is 0 Å². The highest BCUT2D eigenvalue weighted by atomic mass is 35.7. The number of rotatable bonds is 6. The van der Waals surface area contributed by atoms with E-state index in [4.69, 9.17) is 15.4 Å². The highest BCUT2D eigenvalue weighted by Gasteiger charge is 2.12. The van der Waals surface area contributed by atoms with Crippen LogP contribution in [0.5, 0.6) is 0 Å². The number of carbonyl (C=O) groups excluding carboxylic acids is 1. The normalized spacial score (nSPS) is 12.7. The van der Waals surface area contributed by atoms with E-state index in [2.05, 4.69) is 5.32 Å². The second-order valence-electron chi connectivity index (χ2n) is 4.14. The largest absolute Gasteiger partial charge is 0.445 e. The van der Waals surface area contributed by atoms with Gasteiger partial charge in [0.05, 0.1) is 5.75 Å². The van der Waals surface area contributed by atoms with Gasteiger partial charge in [-0.15, -0.1) is 0 Å². The zero-order valence-corrected chi connectivity index (χ0v) is 12.1. The molecule has 1 rings (SSSR count). The number of nitrogens with one attached hydrogen (secondary N) is 1. The maximum Gasteiger partial charge on any atom is 0.407 e. The predicted molar refractivity (Wildman–Crippen MR) is 73.5 cm³/mol. The molecule has 106 valence electrons. The summed E-state index contributed by atoms with van der Waals surface area (Å²) in [7, 11) is 1.55. The molecule has 1 aromatic carbocycles. The van der Waals surface area contributed by atoms with Crippen LogP contribution in [-0.4, -0.2) is 26.3 Å². The van der Waals surface area contributed by atoms with Crippen LogP contribution in [-0.2, 0) is 20.4 Å². The monoisotopic (exact) mass is 305 g/mol. The Bertz CT molecular complexity index is 504. The number of amides is 1. The van der Waals surface area contributed by atoms with Crippen molar-refractivity contribution in [2.45, 2.75) is 26.0 Å². The van der Waals surface area contributed by atoms with E-state index in [-0.39, 0.29) is 24.8 Å². The van der Waals surface area contributed by atoms with Gasteiger partial charge in [-0.25, -0.2) is 13.2 Å². The topological polar surface area (TPSA) is 72.5 Å². The van der Waals surface area contributed by atoms with Crippen molar-refractivity contribution < 1.29 is 17.9 Å². The Balaban J connectivity index is 2.27. The van der Waals surface area contributed by atoms with Gasteiger partial charge in [0.1, 0.15) is 6.61 Å². The van der Waals surface area contributed by atoms with Crippen molar-refractivity contribution in [1.82, 2.24) is 5.32 Å². The SMILES string of the molecule is CC(CCS(=O)(=O)Cl)NC(=O)OCc1ccccc1. The van der Waals surface area contributed by atoms with Crippen LogP contribution in [0.1, 0.15) is 18.9 Å². The Kier molecular flexibility index (Phi) is 6.11. The summed E-state index contributed by atoms with van der Waals surface area (Å²) < 4.78 is 26.5. The average molecular weight is 306 g/mol. The first-order valence-electron chi connectivity index (χ1n) is 5.76. The molecule has 1 N–H and O–H groups in total. The molecule has 0 saturated heterocycles. The Labute approximate surface area is 117 Å². The van der Waals surface area contributed by atoms with E-state index in [0.717, 1.165) is 5.56 Å². The van der Waals surface area contributed by atoms with Crippen LogP contribution in [0.3, 0.4) is 0 Å². The minimum Gasteiger partial charge on any atom is -0.445 e. The second-order valence-corrected chi connectivity index (χ2v) is 7.04. The zero-order chi connectivity index (χ0) is 14.3. The molecular formula is C12H16ClNO4S. The van der Waals surface area contributed by atoms with Crippen molar-refractivity contribution in [2.75, 3.05) is 5.75 Å². The molecule has 0 spiro atoms. The fourth-order valence-electron chi connectivity index (χ4n) is 1.36. The number of ether oxygens (including phenoxy) is 1. The molecular weight excluding hydrogens is 290 g/mol. The molecule has 0 fully saturated rings. The first-order chi connectivity index (χ1) is 8.87. The number of carbonyl (C=O) groups is 1. The van der Waals surface area contributed by atoms with E-state index in [1.165, 1.54) is 0 Å². The molecule has 0 aliphatic heterocycles. The molecule has 0 aliphatic rings. The standard InChI is InChI=1S/C12H16ClNO4S/c1-10(7-8-19(13,16)17)14-12(15)18-9-11-5-3-2-4-6-11/h2-6,10H,7-9H2,1H3,(H,14,15). The van der Waals surface area contributed by atoms with Crippen LogP contribution in [0.25, 0.3) is 0 Å². The van der Waals surface area contributed by atoms with Gasteiger partial charge in [0, 0.05) is 16.7 Å². The van der Waals surface area contributed by atoms with Gasteiger partial charge in [0.15, 0.2) is 0 Å². The van der Waals surface area contributed by atoms with Gasteiger partial charge in [-0.2, -0.15) is 0 Å². The Morgan fingerprint density at radius 2 is 2.00 bits per heavy atom. The van der Waals surface area contributed by atoms with Gasteiger partial charge in [-0.3, -0.25) is 0 Å². The fraction of sp³-hybridized carbons (Fsp3) is 0.417. The van der Waals surface area contributed by atoms with Crippen LogP contribution in [0, 0.1) is 0 Å². The second kappa shape index (κ2) is 7.35. The van der Waals surface area contributed by atoms with Gasteiger partial charge in [0.25, 0.3) is 0 Å². The maximum absolute atomic E-state index is 11.4. The molecule has 0 radical (unpaired) electrons. The summed E-state index contributed by atoms with van der Waals surface area (Å²) in [4.78, 5) is 11.4. The summed E-state index contributed by atoms with van der Waals surface area (Å²) in [5.74, 6) is -0.186. The van der Waals surface area contributed by atoms with Gasteiger partial charge in [-0.05, 0) is 18.9 Å². The molecule has 5 nitrogen and oxygen atoms in total.